The van der Waals surface area contributed by atoms with Gasteiger partial charge in [0.1, 0.15) is 17.2 Å². The Balaban J connectivity index is 1.78. The number of carboxylic acid groups (broad SMARTS) is 1. The van der Waals surface area contributed by atoms with Gasteiger partial charge in [0.05, 0.1) is 27.9 Å². The van der Waals surface area contributed by atoms with Crippen molar-refractivity contribution in [2.45, 2.75) is 44.3 Å². The van der Waals surface area contributed by atoms with Crippen LogP contribution in [0.5, 0.6) is 0 Å². The van der Waals surface area contributed by atoms with E-state index < -0.39 is 73.2 Å². The summed E-state index contributed by atoms with van der Waals surface area (Å²) in [6.45, 7) is 3.94. The van der Waals surface area contributed by atoms with Crippen LogP contribution in [0.4, 0.5) is 32.4 Å². The highest BCUT2D eigenvalue weighted by Gasteiger charge is 2.43. The number of benzene rings is 1. The van der Waals surface area contributed by atoms with Crippen molar-refractivity contribution < 1.29 is 49.9 Å². The van der Waals surface area contributed by atoms with Crippen LogP contribution in [-0.4, -0.2) is 71.9 Å². The number of carbonyl (C=O) groups excluding carboxylic acids is 2. The Bertz CT molecular complexity index is 1650. The molecule has 43 heavy (non-hydrogen) atoms. The molecule has 2 aliphatic rings. The van der Waals surface area contributed by atoms with Gasteiger partial charge in [0.15, 0.2) is 0 Å². The number of nitrogens with one attached hydrogen (secondary N) is 1. The number of hydrogen-bond acceptors (Lipinski definition) is 6. The number of carbonyl (C=O) groups is 3. The van der Waals surface area contributed by atoms with Crippen LogP contribution in [0, 0.1) is 17.0 Å². The minimum absolute atomic E-state index is 0.110. The van der Waals surface area contributed by atoms with Crippen molar-refractivity contribution in [2.24, 2.45) is 10.6 Å². The van der Waals surface area contributed by atoms with Gasteiger partial charge in [-0.05, 0) is 29.3 Å². The van der Waals surface area contributed by atoms with E-state index in [1.54, 1.807) is 0 Å². The minimum Gasteiger partial charge on any atom is -0.465 e. The lowest BCUT2D eigenvalue weighted by Gasteiger charge is -2.30. The van der Waals surface area contributed by atoms with E-state index in [0.29, 0.717) is 35.5 Å². The third-order valence-electron chi connectivity index (χ3n) is 7.04. The Labute approximate surface area is 242 Å². The maximum absolute atomic E-state index is 15.0. The highest BCUT2D eigenvalue weighted by atomic mass is 32.2. The van der Waals surface area contributed by atoms with Crippen molar-refractivity contribution in [3.8, 4) is 0 Å². The predicted molar refractivity (Wildman–Crippen MR) is 140 cm³/mol. The number of anilines is 1. The molecule has 0 fully saturated rings. The number of alkyl halides is 3. The molecule has 0 radical (unpaired) electrons. The summed E-state index contributed by atoms with van der Waals surface area (Å²) in [6.07, 6.45) is -5.94. The average Bonchev–Trinajstić information content (AvgIpc) is 3.42. The van der Waals surface area contributed by atoms with E-state index in [1.165, 1.54) is 20.8 Å². The van der Waals surface area contributed by atoms with Crippen LogP contribution in [0.25, 0.3) is 0 Å². The van der Waals surface area contributed by atoms with Crippen molar-refractivity contribution in [1.29, 1.82) is 0 Å². The van der Waals surface area contributed by atoms with E-state index in [1.807, 2.05) is 0 Å². The quantitative estimate of drug-likeness (QED) is 0.337. The summed E-state index contributed by atoms with van der Waals surface area (Å²) in [5.74, 6) is -4.94. The van der Waals surface area contributed by atoms with Crippen molar-refractivity contribution in [2.75, 3.05) is 25.0 Å². The summed E-state index contributed by atoms with van der Waals surface area (Å²) < 4.78 is 93.6. The van der Waals surface area contributed by atoms with Gasteiger partial charge < -0.3 is 20.2 Å². The van der Waals surface area contributed by atoms with Crippen molar-refractivity contribution in [3.63, 3.8) is 0 Å². The van der Waals surface area contributed by atoms with Gasteiger partial charge >= 0.3 is 12.3 Å². The number of rotatable bonds is 5. The fourth-order valence-electron chi connectivity index (χ4n) is 4.76. The number of sulfonamides is 1. The summed E-state index contributed by atoms with van der Waals surface area (Å²) in [4.78, 5) is 42.9. The van der Waals surface area contributed by atoms with E-state index in [0.717, 1.165) is 9.80 Å². The molecule has 17 heteroatoms. The van der Waals surface area contributed by atoms with Gasteiger partial charge in [0.25, 0.3) is 5.91 Å². The highest BCUT2D eigenvalue weighted by Crippen LogP contribution is 2.37. The third-order valence-corrected chi connectivity index (χ3v) is 7.93. The number of aromatic nitrogens is 1. The molecule has 1 aromatic heterocycles. The lowest BCUT2D eigenvalue weighted by molar-refractivity contribution is -0.137. The standard InChI is InChI=1S/C26H26F5N5O6S/c1-25(2,3)23(38)34-19-4-13(26(29,30)31)8-33-18(19)7-20-15-11-35(24(39)40)9-12(15)10-36(20)22(37)21-16(27)5-14(6-17(21)28)43(32,41)42/h4-6,8,20H,7,9-11H2,1-3H3,(H,34,38)(H,39,40)(H2,32,41,42). The lowest BCUT2D eigenvalue weighted by atomic mass is 9.95. The molecule has 0 saturated carbocycles. The van der Waals surface area contributed by atoms with E-state index in [4.69, 9.17) is 5.14 Å². The fourth-order valence-corrected chi connectivity index (χ4v) is 5.29. The van der Waals surface area contributed by atoms with Crippen molar-refractivity contribution >= 4 is 33.6 Å². The van der Waals surface area contributed by atoms with Crippen LogP contribution < -0.4 is 10.5 Å². The maximum Gasteiger partial charge on any atom is 0.417 e. The first-order chi connectivity index (χ1) is 19.7. The Hall–Kier alpha value is -4.12. The largest absolute Gasteiger partial charge is 0.465 e. The summed E-state index contributed by atoms with van der Waals surface area (Å²) in [5, 5.41) is 16.8. The fraction of sp³-hybridized carbons (Fsp3) is 0.385. The molecular formula is C26H26F5N5O6S. The van der Waals surface area contributed by atoms with Crippen molar-refractivity contribution in [1.82, 2.24) is 14.8 Å². The minimum atomic E-state index is -4.82. The van der Waals surface area contributed by atoms with E-state index in [-0.39, 0.29) is 37.4 Å². The Morgan fingerprint density at radius 1 is 1.07 bits per heavy atom. The second kappa shape index (κ2) is 10.9. The second-order valence-electron chi connectivity index (χ2n) is 11.1. The van der Waals surface area contributed by atoms with Crippen molar-refractivity contribution in [3.05, 3.63) is 64.0 Å². The second-order valence-corrected chi connectivity index (χ2v) is 12.7. The number of nitrogens with two attached hydrogens (primary N) is 1. The Kier molecular flexibility index (Phi) is 8.03. The molecule has 1 aromatic carbocycles. The maximum atomic E-state index is 15.0. The molecule has 0 spiro atoms. The molecule has 4 rings (SSSR count). The summed E-state index contributed by atoms with van der Waals surface area (Å²) in [5.41, 5.74) is -2.95. The first kappa shape index (κ1) is 31.8. The van der Waals surface area contributed by atoms with Gasteiger partial charge in [-0.15, -0.1) is 0 Å². The van der Waals surface area contributed by atoms with Gasteiger partial charge in [-0.2, -0.15) is 13.2 Å². The summed E-state index contributed by atoms with van der Waals surface area (Å²) in [7, 11) is -4.52. The first-order valence-electron chi connectivity index (χ1n) is 12.6. The van der Waals surface area contributed by atoms with Gasteiger partial charge in [-0.3, -0.25) is 14.6 Å². The molecular weight excluding hydrogens is 605 g/mol. The normalized spacial score (nSPS) is 17.4. The van der Waals surface area contributed by atoms with Gasteiger partial charge in [0, 0.05) is 37.7 Å². The van der Waals surface area contributed by atoms with Gasteiger partial charge in [-0.1, -0.05) is 20.8 Å². The molecule has 0 aliphatic carbocycles. The van der Waals surface area contributed by atoms with Gasteiger partial charge in [0.2, 0.25) is 15.9 Å². The molecule has 0 bridgehead atoms. The zero-order valence-corrected chi connectivity index (χ0v) is 23.7. The predicted octanol–water partition coefficient (Wildman–Crippen LogP) is 3.37. The number of pyridine rings is 1. The molecule has 1 unspecified atom stereocenters. The van der Waals surface area contributed by atoms with Gasteiger partial charge in [-0.25, -0.2) is 27.1 Å². The average molecular weight is 632 g/mol. The summed E-state index contributed by atoms with van der Waals surface area (Å²) in [6, 6.07) is 0.285. The molecule has 2 aromatic rings. The zero-order chi connectivity index (χ0) is 32.2. The topological polar surface area (TPSA) is 163 Å². The van der Waals surface area contributed by atoms with Crippen LogP contribution in [0.15, 0.2) is 40.4 Å². The molecule has 0 saturated heterocycles. The number of halogens is 5. The Morgan fingerprint density at radius 2 is 1.67 bits per heavy atom. The molecule has 3 amide bonds. The van der Waals surface area contributed by atoms with Crippen LogP contribution in [0.3, 0.4) is 0 Å². The number of hydrogen-bond donors (Lipinski definition) is 3. The molecule has 232 valence electrons. The molecule has 1 atom stereocenters. The Morgan fingerprint density at radius 3 is 2.19 bits per heavy atom. The molecule has 2 aliphatic heterocycles. The van der Waals surface area contributed by atoms with Crippen LogP contribution >= 0.6 is 0 Å². The third kappa shape index (κ3) is 6.46. The molecule has 11 nitrogen and oxygen atoms in total. The number of amides is 3. The van der Waals surface area contributed by atoms with E-state index in [2.05, 4.69) is 10.3 Å². The zero-order valence-electron chi connectivity index (χ0n) is 22.9. The summed E-state index contributed by atoms with van der Waals surface area (Å²) >= 11 is 0. The molecule has 4 N–H and O–H groups in total. The van der Waals surface area contributed by atoms with E-state index in [9.17, 15) is 49.9 Å². The number of nitrogens with zero attached hydrogens (tertiary/aromatic N) is 3. The van der Waals surface area contributed by atoms with Crippen LogP contribution in [0.2, 0.25) is 0 Å². The first-order valence-corrected chi connectivity index (χ1v) is 14.1. The van der Waals surface area contributed by atoms with Crippen LogP contribution in [-0.2, 0) is 27.4 Å². The van der Waals surface area contributed by atoms with Crippen LogP contribution in [0.1, 0.15) is 42.4 Å². The SMILES string of the molecule is CC(C)(C)C(=O)Nc1cc(C(F)(F)F)cnc1CC1C2=C(CN(C(=O)O)C2)CN1C(=O)c1c(F)cc(S(N)(=O)=O)cc1F. The highest BCUT2D eigenvalue weighted by molar-refractivity contribution is 7.89. The lowest BCUT2D eigenvalue weighted by Crippen LogP contribution is -2.43. The molecule has 3 heterocycles. The smallest absolute Gasteiger partial charge is 0.417 e. The van der Waals surface area contributed by atoms with E-state index >= 15 is 0 Å². The monoisotopic (exact) mass is 631 g/mol. The number of primary sulfonamides is 1.